The molecule has 0 aliphatic carbocycles. The van der Waals surface area contributed by atoms with Gasteiger partial charge in [0, 0.05) is 19.5 Å². The Bertz CT molecular complexity index is 578. The van der Waals surface area contributed by atoms with E-state index in [1.165, 1.54) is 17.3 Å². The van der Waals surface area contributed by atoms with Gasteiger partial charge in [-0.2, -0.15) is 0 Å². The molecule has 2 rings (SSSR count). The normalized spacial score (nSPS) is 15.3. The number of para-hydroxylation sites is 2. The Morgan fingerprint density at radius 3 is 2.89 bits per heavy atom. The first kappa shape index (κ1) is 12.8. The molecule has 98 valence electrons. The van der Waals surface area contributed by atoms with E-state index in [0.717, 1.165) is 0 Å². The van der Waals surface area contributed by atoms with Crippen LogP contribution in [0.25, 0.3) is 0 Å². The number of aliphatic imine (C=N–C) groups is 1. The van der Waals surface area contributed by atoms with Gasteiger partial charge in [-0.3, -0.25) is 19.5 Å². The van der Waals surface area contributed by atoms with Crippen molar-refractivity contribution in [1.29, 1.82) is 0 Å². The Kier molecular flexibility index (Phi) is 3.61. The lowest BCUT2D eigenvalue weighted by molar-refractivity contribution is -0.119. The molecular formula is C13H14N4O2. The van der Waals surface area contributed by atoms with Crippen LogP contribution in [-0.2, 0) is 9.59 Å². The molecule has 0 bridgehead atoms. The van der Waals surface area contributed by atoms with E-state index in [1.54, 1.807) is 31.3 Å². The SMILES string of the molecule is CN=CC(=CN)C(=O)N1CC(=O)Nc2ccccc21. The number of nitrogens with zero attached hydrogens (tertiary/aromatic N) is 2. The number of amides is 2. The average Bonchev–Trinajstić information content (AvgIpc) is 2.43. The van der Waals surface area contributed by atoms with Crippen LogP contribution in [0.15, 0.2) is 41.0 Å². The van der Waals surface area contributed by atoms with Crippen molar-refractivity contribution >= 4 is 29.4 Å². The molecular weight excluding hydrogens is 244 g/mol. The van der Waals surface area contributed by atoms with Crippen molar-refractivity contribution in [1.82, 2.24) is 0 Å². The summed E-state index contributed by atoms with van der Waals surface area (Å²) in [5.41, 5.74) is 6.92. The van der Waals surface area contributed by atoms with Gasteiger partial charge in [-0.1, -0.05) is 12.1 Å². The predicted molar refractivity (Wildman–Crippen MR) is 74.1 cm³/mol. The number of hydrogen-bond donors (Lipinski definition) is 2. The number of carbonyl (C=O) groups is 2. The van der Waals surface area contributed by atoms with Gasteiger partial charge in [-0.25, -0.2) is 0 Å². The van der Waals surface area contributed by atoms with E-state index in [4.69, 9.17) is 5.73 Å². The molecule has 3 N–H and O–H groups in total. The number of benzene rings is 1. The summed E-state index contributed by atoms with van der Waals surface area (Å²) in [6, 6.07) is 7.10. The molecule has 1 aromatic rings. The summed E-state index contributed by atoms with van der Waals surface area (Å²) < 4.78 is 0. The Morgan fingerprint density at radius 2 is 2.21 bits per heavy atom. The molecule has 0 radical (unpaired) electrons. The smallest absolute Gasteiger partial charge is 0.261 e. The second-order valence-electron chi connectivity index (χ2n) is 3.97. The summed E-state index contributed by atoms with van der Waals surface area (Å²) in [5, 5.41) is 2.72. The lowest BCUT2D eigenvalue weighted by atomic mass is 10.1. The molecule has 1 aromatic carbocycles. The van der Waals surface area contributed by atoms with Crippen LogP contribution in [0, 0.1) is 0 Å². The van der Waals surface area contributed by atoms with Crippen molar-refractivity contribution in [2.75, 3.05) is 23.8 Å². The van der Waals surface area contributed by atoms with Crippen LogP contribution >= 0.6 is 0 Å². The molecule has 6 heteroatoms. The van der Waals surface area contributed by atoms with Crippen LogP contribution in [0.3, 0.4) is 0 Å². The molecule has 0 unspecified atom stereocenters. The van der Waals surface area contributed by atoms with Crippen LogP contribution in [-0.4, -0.2) is 31.6 Å². The number of anilines is 2. The summed E-state index contributed by atoms with van der Waals surface area (Å²) >= 11 is 0. The zero-order chi connectivity index (χ0) is 13.8. The summed E-state index contributed by atoms with van der Waals surface area (Å²) in [4.78, 5) is 29.1. The molecule has 2 amide bonds. The third-order valence-electron chi connectivity index (χ3n) is 2.71. The van der Waals surface area contributed by atoms with Gasteiger partial charge < -0.3 is 11.1 Å². The van der Waals surface area contributed by atoms with Gasteiger partial charge in [0.2, 0.25) is 5.91 Å². The fourth-order valence-corrected chi connectivity index (χ4v) is 1.88. The van der Waals surface area contributed by atoms with Crippen LogP contribution in [0.2, 0.25) is 0 Å². The maximum atomic E-state index is 12.3. The average molecular weight is 258 g/mol. The number of nitrogens with two attached hydrogens (primary N) is 1. The van der Waals surface area contributed by atoms with Crippen LogP contribution < -0.4 is 16.0 Å². The van der Waals surface area contributed by atoms with Crippen molar-refractivity contribution < 1.29 is 9.59 Å². The highest BCUT2D eigenvalue weighted by Crippen LogP contribution is 2.29. The molecule has 6 nitrogen and oxygen atoms in total. The standard InChI is InChI=1S/C13H14N4O2/c1-15-7-9(6-14)13(19)17-8-12(18)16-10-4-2-3-5-11(10)17/h2-7H,8,14H2,1H3,(H,16,18). The lowest BCUT2D eigenvalue weighted by Crippen LogP contribution is -2.43. The summed E-state index contributed by atoms with van der Waals surface area (Å²) in [5.74, 6) is -0.591. The molecule has 0 atom stereocenters. The van der Waals surface area contributed by atoms with E-state index in [0.29, 0.717) is 11.4 Å². The van der Waals surface area contributed by atoms with Gasteiger partial charge in [0.05, 0.1) is 16.9 Å². The van der Waals surface area contributed by atoms with Crippen molar-refractivity contribution in [3.8, 4) is 0 Å². The Hall–Kier alpha value is -2.63. The third kappa shape index (κ3) is 2.47. The first-order valence-corrected chi connectivity index (χ1v) is 5.72. The molecule has 1 aliphatic rings. The van der Waals surface area contributed by atoms with Gasteiger partial charge in [-0.05, 0) is 12.1 Å². The monoisotopic (exact) mass is 258 g/mol. The van der Waals surface area contributed by atoms with E-state index in [-0.39, 0.29) is 23.9 Å². The van der Waals surface area contributed by atoms with Gasteiger partial charge in [0.15, 0.2) is 0 Å². The predicted octanol–water partition coefficient (Wildman–Crippen LogP) is 0.515. The van der Waals surface area contributed by atoms with E-state index in [1.807, 2.05) is 0 Å². The van der Waals surface area contributed by atoms with Crippen molar-refractivity contribution in [2.45, 2.75) is 0 Å². The molecule has 0 saturated carbocycles. The second-order valence-corrected chi connectivity index (χ2v) is 3.97. The second kappa shape index (κ2) is 5.34. The number of fused-ring (bicyclic) bond motifs is 1. The quantitative estimate of drug-likeness (QED) is 0.598. The summed E-state index contributed by atoms with van der Waals surface area (Å²) in [7, 11) is 1.55. The number of carbonyl (C=O) groups excluding carboxylic acids is 2. The molecule has 0 saturated heterocycles. The zero-order valence-corrected chi connectivity index (χ0v) is 10.5. The molecule has 0 fully saturated rings. The highest BCUT2D eigenvalue weighted by atomic mass is 16.2. The maximum Gasteiger partial charge on any atom is 0.261 e. The Labute approximate surface area is 110 Å². The number of nitrogens with one attached hydrogen (secondary N) is 1. The first-order chi connectivity index (χ1) is 9.17. The third-order valence-corrected chi connectivity index (χ3v) is 2.71. The highest BCUT2D eigenvalue weighted by Gasteiger charge is 2.27. The van der Waals surface area contributed by atoms with E-state index < -0.39 is 0 Å². The highest BCUT2D eigenvalue weighted by molar-refractivity contribution is 6.22. The Morgan fingerprint density at radius 1 is 1.47 bits per heavy atom. The molecule has 1 heterocycles. The van der Waals surface area contributed by atoms with Gasteiger partial charge >= 0.3 is 0 Å². The van der Waals surface area contributed by atoms with Gasteiger partial charge in [0.25, 0.3) is 5.91 Å². The van der Waals surface area contributed by atoms with Crippen molar-refractivity contribution in [3.63, 3.8) is 0 Å². The number of hydrogen-bond acceptors (Lipinski definition) is 4. The maximum absolute atomic E-state index is 12.3. The largest absolute Gasteiger partial charge is 0.404 e. The van der Waals surface area contributed by atoms with Crippen LogP contribution in [0.5, 0.6) is 0 Å². The number of rotatable bonds is 2. The van der Waals surface area contributed by atoms with E-state index in [2.05, 4.69) is 10.3 Å². The molecule has 1 aliphatic heterocycles. The fraction of sp³-hybridized carbons (Fsp3) is 0.154. The minimum atomic E-state index is -0.351. The van der Waals surface area contributed by atoms with E-state index in [9.17, 15) is 9.59 Å². The topological polar surface area (TPSA) is 87.8 Å². The van der Waals surface area contributed by atoms with Crippen molar-refractivity contribution in [3.05, 3.63) is 36.0 Å². The molecule has 0 spiro atoms. The lowest BCUT2D eigenvalue weighted by Gasteiger charge is -2.29. The minimum absolute atomic E-state index is 0.0370. The zero-order valence-electron chi connectivity index (χ0n) is 10.5. The van der Waals surface area contributed by atoms with Crippen molar-refractivity contribution in [2.24, 2.45) is 10.7 Å². The first-order valence-electron chi connectivity index (χ1n) is 5.72. The molecule has 19 heavy (non-hydrogen) atoms. The summed E-state index contributed by atoms with van der Waals surface area (Å²) in [6.07, 6.45) is 2.56. The fourth-order valence-electron chi connectivity index (χ4n) is 1.88. The van der Waals surface area contributed by atoms with Crippen LogP contribution in [0.4, 0.5) is 11.4 Å². The van der Waals surface area contributed by atoms with Gasteiger partial charge in [-0.15, -0.1) is 0 Å². The summed E-state index contributed by atoms with van der Waals surface area (Å²) in [6.45, 7) is -0.0370. The van der Waals surface area contributed by atoms with Crippen LogP contribution in [0.1, 0.15) is 0 Å². The molecule has 0 aromatic heterocycles. The Balaban J connectivity index is 2.40. The van der Waals surface area contributed by atoms with Gasteiger partial charge in [0.1, 0.15) is 6.54 Å². The van der Waals surface area contributed by atoms with E-state index >= 15 is 0 Å². The minimum Gasteiger partial charge on any atom is -0.404 e.